The molecule has 2 N–H and O–H groups in total. The molecule has 116 valence electrons. The van der Waals surface area contributed by atoms with Crippen molar-refractivity contribution < 1.29 is 4.79 Å². The minimum atomic E-state index is 0.0637. The van der Waals surface area contributed by atoms with Crippen molar-refractivity contribution in [1.29, 1.82) is 0 Å². The van der Waals surface area contributed by atoms with Crippen molar-refractivity contribution in [2.24, 2.45) is 11.8 Å². The van der Waals surface area contributed by atoms with Gasteiger partial charge in [0.15, 0.2) is 0 Å². The van der Waals surface area contributed by atoms with Crippen LogP contribution in [0, 0.1) is 18.8 Å². The highest BCUT2D eigenvalue weighted by Gasteiger charge is 2.19. The zero-order valence-corrected chi connectivity index (χ0v) is 13.5. The molecule has 0 aliphatic heterocycles. The lowest BCUT2D eigenvalue weighted by atomic mass is 9.82. The molecular weight excluding hydrogens is 260 g/mol. The first kappa shape index (κ1) is 15.9. The Morgan fingerprint density at radius 3 is 2.81 bits per heavy atom. The second-order valence-corrected chi connectivity index (χ2v) is 6.41. The number of amides is 1. The fourth-order valence-electron chi connectivity index (χ4n) is 3.31. The SMILES string of the molecule is CCNc1ccc(C(=O)NCC2CCCC(C)C2)c(C)c1. The maximum atomic E-state index is 12.3. The topological polar surface area (TPSA) is 41.1 Å². The average Bonchev–Trinajstić information content (AvgIpc) is 2.45. The Morgan fingerprint density at radius 2 is 2.14 bits per heavy atom. The number of rotatable bonds is 5. The van der Waals surface area contributed by atoms with Crippen molar-refractivity contribution in [3.05, 3.63) is 29.3 Å². The number of hydrogen-bond acceptors (Lipinski definition) is 2. The average molecular weight is 288 g/mol. The predicted molar refractivity (Wildman–Crippen MR) is 88.8 cm³/mol. The highest BCUT2D eigenvalue weighted by Crippen LogP contribution is 2.28. The van der Waals surface area contributed by atoms with E-state index >= 15 is 0 Å². The van der Waals surface area contributed by atoms with Gasteiger partial charge >= 0.3 is 0 Å². The van der Waals surface area contributed by atoms with Crippen LogP contribution in [-0.4, -0.2) is 19.0 Å². The molecule has 1 aliphatic carbocycles. The van der Waals surface area contributed by atoms with E-state index in [9.17, 15) is 4.79 Å². The van der Waals surface area contributed by atoms with E-state index in [4.69, 9.17) is 0 Å². The van der Waals surface area contributed by atoms with Crippen LogP contribution in [0.5, 0.6) is 0 Å². The summed E-state index contributed by atoms with van der Waals surface area (Å²) >= 11 is 0. The maximum absolute atomic E-state index is 12.3. The zero-order valence-electron chi connectivity index (χ0n) is 13.5. The Kier molecular flexibility index (Phi) is 5.66. The number of carbonyl (C=O) groups is 1. The van der Waals surface area contributed by atoms with Crippen LogP contribution in [0.15, 0.2) is 18.2 Å². The van der Waals surface area contributed by atoms with E-state index in [2.05, 4.69) is 24.5 Å². The molecule has 0 heterocycles. The van der Waals surface area contributed by atoms with Crippen molar-refractivity contribution in [3.8, 4) is 0 Å². The van der Waals surface area contributed by atoms with Crippen LogP contribution in [0.2, 0.25) is 0 Å². The molecule has 1 saturated carbocycles. The summed E-state index contributed by atoms with van der Waals surface area (Å²) in [5.41, 5.74) is 2.90. The maximum Gasteiger partial charge on any atom is 0.251 e. The Bertz CT molecular complexity index is 484. The number of hydrogen-bond donors (Lipinski definition) is 2. The summed E-state index contributed by atoms with van der Waals surface area (Å²) in [6.45, 7) is 8.10. The van der Waals surface area contributed by atoms with Gasteiger partial charge in [0.2, 0.25) is 0 Å². The van der Waals surface area contributed by atoms with E-state index in [0.717, 1.165) is 35.8 Å². The van der Waals surface area contributed by atoms with E-state index in [0.29, 0.717) is 5.92 Å². The van der Waals surface area contributed by atoms with Gasteiger partial charge in [-0.2, -0.15) is 0 Å². The highest BCUT2D eigenvalue weighted by atomic mass is 16.1. The van der Waals surface area contributed by atoms with Crippen molar-refractivity contribution in [3.63, 3.8) is 0 Å². The minimum Gasteiger partial charge on any atom is -0.385 e. The second-order valence-electron chi connectivity index (χ2n) is 6.41. The lowest BCUT2D eigenvalue weighted by Gasteiger charge is -2.26. The molecular formula is C18H28N2O. The summed E-state index contributed by atoms with van der Waals surface area (Å²) in [5.74, 6) is 1.52. The van der Waals surface area contributed by atoms with Gasteiger partial charge in [-0.05, 0) is 62.3 Å². The van der Waals surface area contributed by atoms with E-state index in [1.54, 1.807) is 0 Å². The molecule has 2 atom stereocenters. The number of nitrogens with one attached hydrogen (secondary N) is 2. The zero-order chi connectivity index (χ0) is 15.2. The van der Waals surface area contributed by atoms with Crippen LogP contribution >= 0.6 is 0 Å². The standard InChI is InChI=1S/C18H28N2O/c1-4-19-16-8-9-17(14(3)11-16)18(21)20-12-15-7-5-6-13(2)10-15/h8-9,11,13,15,19H,4-7,10,12H2,1-3H3,(H,20,21). The lowest BCUT2D eigenvalue weighted by molar-refractivity contribution is 0.0940. The molecule has 1 aromatic carbocycles. The molecule has 1 amide bonds. The molecule has 0 bridgehead atoms. The fourth-order valence-corrected chi connectivity index (χ4v) is 3.31. The molecule has 0 aromatic heterocycles. The largest absolute Gasteiger partial charge is 0.385 e. The first-order valence-corrected chi connectivity index (χ1v) is 8.22. The highest BCUT2D eigenvalue weighted by molar-refractivity contribution is 5.96. The summed E-state index contributed by atoms with van der Waals surface area (Å²) in [4.78, 5) is 12.3. The number of aryl methyl sites for hydroxylation is 1. The molecule has 0 spiro atoms. The molecule has 1 fully saturated rings. The molecule has 0 radical (unpaired) electrons. The molecule has 3 nitrogen and oxygen atoms in total. The van der Waals surface area contributed by atoms with Crippen LogP contribution in [0.3, 0.4) is 0 Å². The number of anilines is 1. The van der Waals surface area contributed by atoms with Crippen LogP contribution < -0.4 is 10.6 Å². The number of carbonyl (C=O) groups excluding carboxylic acids is 1. The Labute approximate surface area is 128 Å². The van der Waals surface area contributed by atoms with Crippen molar-refractivity contribution in [2.75, 3.05) is 18.4 Å². The third-order valence-corrected chi connectivity index (χ3v) is 4.45. The van der Waals surface area contributed by atoms with Crippen molar-refractivity contribution in [2.45, 2.75) is 46.5 Å². The molecule has 0 saturated heterocycles. The Hall–Kier alpha value is -1.51. The summed E-state index contributed by atoms with van der Waals surface area (Å²) in [6, 6.07) is 5.95. The third kappa shape index (κ3) is 4.48. The van der Waals surface area contributed by atoms with Gasteiger partial charge in [0, 0.05) is 24.3 Å². The van der Waals surface area contributed by atoms with E-state index in [1.165, 1.54) is 25.7 Å². The monoisotopic (exact) mass is 288 g/mol. The second kappa shape index (κ2) is 7.48. The van der Waals surface area contributed by atoms with Crippen LogP contribution in [0.25, 0.3) is 0 Å². The van der Waals surface area contributed by atoms with Gasteiger partial charge in [-0.25, -0.2) is 0 Å². The van der Waals surface area contributed by atoms with Crippen molar-refractivity contribution in [1.82, 2.24) is 5.32 Å². The summed E-state index contributed by atoms with van der Waals surface area (Å²) in [6.07, 6.45) is 5.15. The summed E-state index contributed by atoms with van der Waals surface area (Å²) in [7, 11) is 0. The molecule has 2 unspecified atom stereocenters. The summed E-state index contributed by atoms with van der Waals surface area (Å²) in [5, 5.41) is 6.39. The van der Waals surface area contributed by atoms with Gasteiger partial charge in [0.25, 0.3) is 5.91 Å². The van der Waals surface area contributed by atoms with Gasteiger partial charge in [0.1, 0.15) is 0 Å². The fraction of sp³-hybridized carbons (Fsp3) is 0.611. The Balaban J connectivity index is 1.91. The molecule has 2 rings (SSSR count). The lowest BCUT2D eigenvalue weighted by Crippen LogP contribution is -2.31. The van der Waals surface area contributed by atoms with Crippen LogP contribution in [-0.2, 0) is 0 Å². The van der Waals surface area contributed by atoms with Gasteiger partial charge < -0.3 is 10.6 Å². The molecule has 3 heteroatoms. The van der Waals surface area contributed by atoms with Crippen LogP contribution in [0.4, 0.5) is 5.69 Å². The third-order valence-electron chi connectivity index (χ3n) is 4.45. The predicted octanol–water partition coefficient (Wildman–Crippen LogP) is 3.98. The molecule has 1 aliphatic rings. The summed E-state index contributed by atoms with van der Waals surface area (Å²) < 4.78 is 0. The Morgan fingerprint density at radius 1 is 1.33 bits per heavy atom. The van der Waals surface area contributed by atoms with Gasteiger partial charge in [0.05, 0.1) is 0 Å². The van der Waals surface area contributed by atoms with E-state index in [1.807, 2.05) is 25.1 Å². The van der Waals surface area contributed by atoms with E-state index < -0.39 is 0 Å². The van der Waals surface area contributed by atoms with Crippen LogP contribution in [0.1, 0.15) is 55.5 Å². The van der Waals surface area contributed by atoms with Crippen molar-refractivity contribution >= 4 is 11.6 Å². The normalized spacial score (nSPS) is 21.9. The first-order valence-electron chi connectivity index (χ1n) is 8.22. The van der Waals surface area contributed by atoms with E-state index in [-0.39, 0.29) is 5.91 Å². The quantitative estimate of drug-likeness (QED) is 0.860. The molecule has 1 aromatic rings. The van der Waals surface area contributed by atoms with Gasteiger partial charge in [-0.1, -0.05) is 19.8 Å². The smallest absolute Gasteiger partial charge is 0.251 e. The molecule has 21 heavy (non-hydrogen) atoms. The van der Waals surface area contributed by atoms with Gasteiger partial charge in [-0.3, -0.25) is 4.79 Å². The number of benzene rings is 1. The minimum absolute atomic E-state index is 0.0637. The van der Waals surface area contributed by atoms with Gasteiger partial charge in [-0.15, -0.1) is 0 Å². The first-order chi connectivity index (χ1) is 10.1.